The summed E-state index contributed by atoms with van der Waals surface area (Å²) in [5, 5.41) is -0.608. The molecule has 1 nitrogen and oxygen atoms in total. The van der Waals surface area contributed by atoms with Crippen LogP contribution < -0.4 is 0 Å². The van der Waals surface area contributed by atoms with Crippen LogP contribution in [0.2, 0.25) is 0 Å². The van der Waals surface area contributed by atoms with Gasteiger partial charge in [0.1, 0.15) is 0 Å². The van der Waals surface area contributed by atoms with Gasteiger partial charge < -0.3 is 0 Å². The Morgan fingerprint density at radius 3 is 1.77 bits per heavy atom. The average Bonchev–Trinajstić information content (AvgIpc) is 2.36. The fraction of sp³-hybridized carbons (Fsp3) is 0.900. The van der Waals surface area contributed by atoms with Crippen molar-refractivity contribution in [2.24, 2.45) is 0 Å². The molecule has 0 radical (unpaired) electrons. The predicted molar refractivity (Wildman–Crippen MR) is 58.2 cm³/mol. The van der Waals surface area contributed by atoms with Gasteiger partial charge in [-0.1, -0.05) is 18.7 Å². The van der Waals surface area contributed by atoms with Gasteiger partial charge in [-0.2, -0.15) is 39.5 Å². The van der Waals surface area contributed by atoms with E-state index in [1.165, 1.54) is 6.92 Å². The predicted octanol–water partition coefficient (Wildman–Crippen LogP) is 4.85. The molecule has 22 heavy (non-hydrogen) atoms. The van der Waals surface area contributed by atoms with Crippen LogP contribution in [-0.2, 0) is 4.79 Å². The third-order valence-corrected chi connectivity index (χ3v) is 3.54. The monoisotopic (exact) mass is 368 g/mol. The zero-order valence-electron chi connectivity index (χ0n) is 10.8. The summed E-state index contributed by atoms with van der Waals surface area (Å²) in [7, 11) is 0. The van der Waals surface area contributed by atoms with Gasteiger partial charge in [-0.3, -0.25) is 4.79 Å². The van der Waals surface area contributed by atoms with Crippen molar-refractivity contribution in [2.75, 3.05) is 5.75 Å². The van der Waals surface area contributed by atoms with E-state index in [-0.39, 0.29) is 18.2 Å². The minimum absolute atomic E-state index is 0.0830. The van der Waals surface area contributed by atoms with Crippen molar-refractivity contribution < 1.29 is 48.7 Å². The number of alkyl halides is 10. The Hall–Kier alpha value is -0.680. The number of carbonyl (C=O) groups excluding carboxylic acids is 1. The maximum Gasteiger partial charge on any atom is 0.460 e. The third kappa shape index (κ3) is 3.99. The number of hydrogen-bond acceptors (Lipinski definition) is 2. The summed E-state index contributed by atoms with van der Waals surface area (Å²) in [6.07, 6.45) is -12.5. The minimum Gasteiger partial charge on any atom is -0.287 e. The third-order valence-electron chi connectivity index (χ3n) is 2.49. The summed E-state index contributed by atoms with van der Waals surface area (Å²) in [6, 6.07) is 0. The molecule has 0 aliphatic carbocycles. The molecule has 0 heterocycles. The van der Waals surface area contributed by atoms with Crippen molar-refractivity contribution >= 4 is 16.9 Å². The molecule has 1 unspecified atom stereocenters. The molecular weight excluding hydrogens is 358 g/mol. The van der Waals surface area contributed by atoms with Gasteiger partial charge in [0.15, 0.2) is 11.3 Å². The van der Waals surface area contributed by atoms with E-state index in [1.54, 1.807) is 0 Å². The first-order valence-corrected chi connectivity index (χ1v) is 6.61. The Labute approximate surface area is 122 Å². The lowest BCUT2D eigenvalue weighted by Crippen LogP contribution is -2.63. The first-order chi connectivity index (χ1) is 9.63. The average molecular weight is 368 g/mol. The van der Waals surface area contributed by atoms with Crippen LogP contribution in [0.4, 0.5) is 43.9 Å². The van der Waals surface area contributed by atoms with E-state index in [4.69, 9.17) is 0 Å². The summed E-state index contributed by atoms with van der Waals surface area (Å²) in [5.41, 5.74) is 0. The van der Waals surface area contributed by atoms with Gasteiger partial charge in [0.25, 0.3) is 0 Å². The molecule has 0 spiro atoms. The van der Waals surface area contributed by atoms with Gasteiger partial charge in [0, 0.05) is 12.2 Å². The Morgan fingerprint density at radius 1 is 0.955 bits per heavy atom. The van der Waals surface area contributed by atoms with Crippen LogP contribution in [0, 0.1) is 0 Å². The van der Waals surface area contributed by atoms with Gasteiger partial charge >= 0.3 is 23.9 Å². The number of hydrogen-bond donors (Lipinski definition) is 0. The second-order valence-corrected chi connectivity index (χ2v) is 5.25. The van der Waals surface area contributed by atoms with Crippen LogP contribution in [0.3, 0.4) is 0 Å². The smallest absolute Gasteiger partial charge is 0.287 e. The van der Waals surface area contributed by atoms with Gasteiger partial charge in [0.05, 0.1) is 0 Å². The lowest BCUT2D eigenvalue weighted by molar-refractivity contribution is -0.402. The van der Waals surface area contributed by atoms with Crippen molar-refractivity contribution in [3.63, 3.8) is 0 Å². The van der Waals surface area contributed by atoms with Crippen molar-refractivity contribution in [2.45, 2.75) is 49.9 Å². The molecule has 0 amide bonds. The molecule has 0 bridgehead atoms. The Morgan fingerprint density at radius 2 is 1.41 bits per heavy atom. The highest BCUT2D eigenvalue weighted by molar-refractivity contribution is 8.13. The van der Waals surface area contributed by atoms with Crippen LogP contribution in [0.5, 0.6) is 0 Å². The highest BCUT2D eigenvalue weighted by Gasteiger charge is 2.83. The number of carbonyl (C=O) groups is 1. The van der Waals surface area contributed by atoms with E-state index in [9.17, 15) is 48.7 Å². The molecule has 12 heteroatoms. The van der Waals surface area contributed by atoms with E-state index in [0.717, 1.165) is 0 Å². The molecule has 0 fully saturated rings. The van der Waals surface area contributed by atoms with E-state index in [1.807, 2.05) is 0 Å². The molecule has 0 aliphatic heterocycles. The fourth-order valence-corrected chi connectivity index (χ4v) is 1.90. The summed E-state index contributed by atoms with van der Waals surface area (Å²) in [5.74, 6) is -21.1. The molecule has 1 atom stereocenters. The first kappa shape index (κ1) is 21.3. The van der Waals surface area contributed by atoms with Gasteiger partial charge in [-0.25, -0.2) is 4.39 Å². The summed E-state index contributed by atoms with van der Waals surface area (Å²) >= 11 is 0.278. The van der Waals surface area contributed by atoms with Crippen molar-refractivity contribution in [3.05, 3.63) is 0 Å². The number of thioether (sulfide) groups is 1. The molecule has 0 aromatic rings. The van der Waals surface area contributed by atoms with E-state index in [2.05, 4.69) is 0 Å². The summed E-state index contributed by atoms with van der Waals surface area (Å²) in [6.45, 7) is 1.36. The summed E-state index contributed by atoms with van der Waals surface area (Å²) in [4.78, 5) is 10.8. The molecule has 132 valence electrons. The van der Waals surface area contributed by atoms with E-state index >= 15 is 0 Å². The number of halogens is 10. The Balaban J connectivity index is 5.14. The maximum absolute atomic E-state index is 13.1. The van der Waals surface area contributed by atoms with Gasteiger partial charge in [-0.15, -0.1) is 0 Å². The zero-order chi connectivity index (χ0) is 18.0. The highest BCUT2D eigenvalue weighted by atomic mass is 32.2. The largest absolute Gasteiger partial charge is 0.460 e. The van der Waals surface area contributed by atoms with Gasteiger partial charge in [-0.05, 0) is 6.42 Å². The molecule has 0 N–H and O–H groups in total. The van der Waals surface area contributed by atoms with Crippen LogP contribution >= 0.6 is 11.8 Å². The normalized spacial score (nSPS) is 15.8. The Bertz CT molecular complexity index is 392. The molecule has 0 saturated heterocycles. The van der Waals surface area contributed by atoms with Crippen molar-refractivity contribution in [3.8, 4) is 0 Å². The van der Waals surface area contributed by atoms with Gasteiger partial charge in [0.2, 0.25) is 0 Å². The van der Waals surface area contributed by atoms with Crippen molar-refractivity contribution in [1.29, 1.82) is 0 Å². The maximum atomic E-state index is 13.1. The van der Waals surface area contributed by atoms with Crippen LogP contribution in [0.15, 0.2) is 0 Å². The topological polar surface area (TPSA) is 17.1 Å². The summed E-state index contributed by atoms with van der Waals surface area (Å²) < 4.78 is 125. The lowest BCUT2D eigenvalue weighted by atomic mass is 9.98. The quantitative estimate of drug-likeness (QED) is 0.598. The molecule has 0 aromatic heterocycles. The molecule has 0 aromatic carbocycles. The molecule has 0 saturated carbocycles. The standard InChI is InChI=1S/C10H10F10OS/c1-2-6(21)22-4-3-5(11)7(12,13)8(14,15)9(16,17)10(18,19)20/h5H,2-4H2,1H3. The molecule has 0 aliphatic rings. The van der Waals surface area contributed by atoms with Crippen LogP contribution in [0.1, 0.15) is 19.8 Å². The molecular formula is C10H10F10OS. The zero-order valence-corrected chi connectivity index (χ0v) is 11.6. The highest BCUT2D eigenvalue weighted by Crippen LogP contribution is 2.54. The SMILES string of the molecule is CCC(=O)SCCC(F)C(F)(F)C(F)(F)C(F)(F)C(F)(F)F. The van der Waals surface area contributed by atoms with Crippen LogP contribution in [-0.4, -0.2) is 41.0 Å². The minimum atomic E-state index is -7.11. The molecule has 0 rings (SSSR count). The second-order valence-electron chi connectivity index (χ2n) is 4.10. The van der Waals surface area contributed by atoms with E-state index < -0.39 is 47.4 Å². The first-order valence-electron chi connectivity index (χ1n) is 5.62. The van der Waals surface area contributed by atoms with E-state index in [0.29, 0.717) is 0 Å². The van der Waals surface area contributed by atoms with Crippen LogP contribution in [0.25, 0.3) is 0 Å². The fourth-order valence-electron chi connectivity index (χ4n) is 1.14. The second kappa shape index (κ2) is 6.83. The Kier molecular flexibility index (Phi) is 6.62. The lowest BCUT2D eigenvalue weighted by Gasteiger charge is -2.35. The number of rotatable bonds is 7. The van der Waals surface area contributed by atoms with Crippen molar-refractivity contribution in [1.82, 2.24) is 0 Å².